The van der Waals surface area contributed by atoms with Gasteiger partial charge in [0.15, 0.2) is 0 Å². The Morgan fingerprint density at radius 3 is 0.935 bits per heavy atom. The zero-order valence-corrected chi connectivity index (χ0v) is 25.4. The molecule has 3 aromatic rings. The number of aromatic nitrogens is 6. The van der Waals surface area contributed by atoms with Crippen LogP contribution in [0.1, 0.15) is 1.43 Å². The van der Waals surface area contributed by atoms with E-state index in [1.54, 1.807) is 18.2 Å². The maximum Gasteiger partial charge on any atom is 1.00 e. The second-order valence-electron chi connectivity index (χ2n) is 3.96. The Hall–Kier alpha value is 0.985. The van der Waals surface area contributed by atoms with E-state index in [1.807, 2.05) is 0 Å². The Morgan fingerprint density at radius 2 is 0.806 bits per heavy atom. The molecule has 146 valence electrons. The van der Waals surface area contributed by atoms with Crippen LogP contribution in [0.2, 0.25) is 0 Å². The van der Waals surface area contributed by atoms with Gasteiger partial charge in [-0.15, -0.1) is 29.8 Å². The third-order valence-corrected chi connectivity index (χ3v) is 2.03. The van der Waals surface area contributed by atoms with E-state index in [2.05, 4.69) is 29.6 Å². The molecular weight excluding hydrogens is 461 g/mol. The molecule has 3 aromatic heterocycles. The van der Waals surface area contributed by atoms with Gasteiger partial charge in [0.2, 0.25) is 0 Å². The van der Waals surface area contributed by atoms with Crippen LogP contribution in [0.3, 0.4) is 0 Å². The zero-order chi connectivity index (χ0) is 20.1. The SMILES string of the molecule is [H-].[Na+].[Na+].[Na+].[Na+].[O-]B(O)On1cccn1.[O-]B(O)On1cccn1.[O-]B(O)On1cccn1. The summed E-state index contributed by atoms with van der Waals surface area (Å²) >= 11 is 0. The topological polar surface area (TPSA) is 211 Å². The van der Waals surface area contributed by atoms with E-state index >= 15 is 0 Å². The largest absolute Gasteiger partial charge is 1.00 e. The van der Waals surface area contributed by atoms with Gasteiger partial charge < -0.3 is 45.8 Å². The van der Waals surface area contributed by atoms with Gasteiger partial charge in [0, 0.05) is 0 Å². The summed E-state index contributed by atoms with van der Waals surface area (Å²) in [6.45, 7) is 0. The molecule has 0 atom stereocenters. The van der Waals surface area contributed by atoms with Crippen molar-refractivity contribution in [2.45, 2.75) is 0 Å². The molecule has 31 heavy (non-hydrogen) atoms. The van der Waals surface area contributed by atoms with E-state index in [0.717, 1.165) is 14.5 Å². The van der Waals surface area contributed by atoms with Crippen molar-refractivity contribution in [1.29, 1.82) is 0 Å². The summed E-state index contributed by atoms with van der Waals surface area (Å²) < 4.78 is 12.5. The summed E-state index contributed by atoms with van der Waals surface area (Å²) in [5, 5.41) is 64.3. The molecule has 0 aliphatic rings. The first-order chi connectivity index (χ1) is 12.9. The second-order valence-corrected chi connectivity index (χ2v) is 3.96. The third kappa shape index (κ3) is 22.5. The van der Waals surface area contributed by atoms with Gasteiger partial charge in [0.1, 0.15) is 0 Å². The first-order valence-corrected chi connectivity index (χ1v) is 6.89. The summed E-state index contributed by atoms with van der Waals surface area (Å²) in [6.07, 6.45) is 8.51. The van der Waals surface area contributed by atoms with Crippen molar-refractivity contribution < 1.29 is 164 Å². The summed E-state index contributed by atoms with van der Waals surface area (Å²) in [7, 11) is -6.19. The van der Waals surface area contributed by atoms with Crippen molar-refractivity contribution >= 4 is 22.0 Å². The van der Waals surface area contributed by atoms with Gasteiger partial charge in [-0.3, -0.25) is 0 Å². The maximum absolute atomic E-state index is 9.87. The fraction of sp³-hybridized carbons (Fsp3) is 0. The molecule has 22 heteroatoms. The Kier molecular flexibility index (Phi) is 30.5. The van der Waals surface area contributed by atoms with Crippen LogP contribution >= 0.6 is 0 Å². The van der Waals surface area contributed by atoms with Gasteiger partial charge in [-0.1, -0.05) is 0 Å². The average Bonchev–Trinajstić information content (AvgIpc) is 3.30. The van der Waals surface area contributed by atoms with E-state index in [9.17, 15) is 15.1 Å². The summed E-state index contributed by atoms with van der Waals surface area (Å²) in [4.78, 5) is 2.66. The van der Waals surface area contributed by atoms with Gasteiger partial charge >= 0.3 is 140 Å². The molecule has 0 unspecified atom stereocenters. The molecular formula is C9H13B3N6Na4O9. The molecule has 0 aromatic carbocycles. The second kappa shape index (κ2) is 24.1. The minimum atomic E-state index is -2.06. The monoisotopic (exact) mass is 474 g/mol. The minimum Gasteiger partial charge on any atom is -1.00 e. The molecule has 0 fully saturated rings. The van der Waals surface area contributed by atoms with Crippen LogP contribution in [0.25, 0.3) is 0 Å². The smallest absolute Gasteiger partial charge is 1.00 e. The van der Waals surface area contributed by atoms with E-state index < -0.39 is 22.0 Å². The molecule has 0 saturated carbocycles. The minimum absolute atomic E-state index is 0. The Labute approximate surface area is 267 Å². The summed E-state index contributed by atoms with van der Waals surface area (Å²) in [5.74, 6) is 0. The molecule has 0 saturated heterocycles. The van der Waals surface area contributed by atoms with Gasteiger partial charge in [-0.05, 0) is 18.2 Å². The molecule has 3 N–H and O–H groups in total. The molecule has 0 radical (unpaired) electrons. The molecule has 3 heterocycles. The van der Waals surface area contributed by atoms with Crippen LogP contribution in [-0.4, -0.2) is 66.9 Å². The Balaban J connectivity index is -0.000000106. The quantitative estimate of drug-likeness (QED) is 0.285. The molecule has 0 aliphatic carbocycles. The van der Waals surface area contributed by atoms with Gasteiger partial charge in [-0.2, -0.15) is 0 Å². The average molecular weight is 474 g/mol. The van der Waals surface area contributed by atoms with Gasteiger partial charge in [0.05, 0.1) is 37.2 Å². The number of rotatable bonds is 6. The van der Waals surface area contributed by atoms with Crippen LogP contribution in [0.15, 0.2) is 55.4 Å². The van der Waals surface area contributed by atoms with Crippen molar-refractivity contribution in [1.82, 2.24) is 29.8 Å². The number of hydrogen-bond acceptors (Lipinski definition) is 12. The summed E-state index contributed by atoms with van der Waals surface area (Å²) in [6, 6.07) is 4.72. The maximum atomic E-state index is 9.87. The van der Waals surface area contributed by atoms with Crippen molar-refractivity contribution in [3.05, 3.63) is 55.4 Å². The van der Waals surface area contributed by atoms with Gasteiger partial charge in [-0.25, -0.2) is 0 Å². The van der Waals surface area contributed by atoms with Crippen molar-refractivity contribution in [2.24, 2.45) is 0 Å². The molecule has 0 bridgehead atoms. The van der Waals surface area contributed by atoms with Crippen LogP contribution in [0.4, 0.5) is 0 Å². The number of hydrogen-bond donors (Lipinski definition) is 3. The van der Waals surface area contributed by atoms with E-state index in [-0.39, 0.29) is 120 Å². The predicted molar refractivity (Wildman–Crippen MR) is 81.5 cm³/mol. The summed E-state index contributed by atoms with van der Waals surface area (Å²) in [5.41, 5.74) is 0. The Bertz CT molecular complexity index is 610. The first-order valence-electron chi connectivity index (χ1n) is 6.89. The molecule has 0 spiro atoms. The third-order valence-electron chi connectivity index (χ3n) is 2.03. The Morgan fingerprint density at radius 1 is 0.581 bits per heavy atom. The first kappa shape index (κ1) is 39.2. The van der Waals surface area contributed by atoms with Crippen molar-refractivity contribution in [3.8, 4) is 0 Å². The standard InChI is InChI=1S/3C3H4BN2O3.4Na.H/c3*7-4(8)9-6-3-1-2-5-6;;;;;/h3*1-3,7H;;;;;/q3*-1;4*+1;-1. The fourth-order valence-corrected chi connectivity index (χ4v) is 1.23. The molecule has 0 amide bonds. The van der Waals surface area contributed by atoms with E-state index in [1.165, 1.54) is 37.2 Å². The zero-order valence-electron chi connectivity index (χ0n) is 18.4. The van der Waals surface area contributed by atoms with E-state index in [4.69, 9.17) is 15.1 Å². The molecule has 15 nitrogen and oxygen atoms in total. The van der Waals surface area contributed by atoms with Crippen molar-refractivity contribution in [2.75, 3.05) is 0 Å². The van der Waals surface area contributed by atoms with Crippen LogP contribution in [-0.2, 0) is 0 Å². The van der Waals surface area contributed by atoms with E-state index in [0.29, 0.717) is 0 Å². The molecule has 3 rings (SSSR count). The predicted octanol–water partition coefficient (Wildman–Crippen LogP) is -18.9. The molecule has 0 aliphatic heterocycles. The van der Waals surface area contributed by atoms with Crippen LogP contribution in [0.5, 0.6) is 0 Å². The van der Waals surface area contributed by atoms with Gasteiger partial charge in [0.25, 0.3) is 0 Å². The van der Waals surface area contributed by atoms with Crippen LogP contribution in [0, 0.1) is 0 Å². The fourth-order valence-electron chi connectivity index (χ4n) is 1.23. The normalized spacial score (nSPS) is 7.94. The number of nitrogens with zero attached hydrogens (tertiary/aromatic N) is 6. The van der Waals surface area contributed by atoms with Crippen molar-refractivity contribution in [3.63, 3.8) is 0 Å². The van der Waals surface area contributed by atoms with Crippen LogP contribution < -0.4 is 148 Å².